The number of phenols is 1. The van der Waals surface area contributed by atoms with Gasteiger partial charge in [0.15, 0.2) is 0 Å². The van der Waals surface area contributed by atoms with Gasteiger partial charge in [-0.3, -0.25) is 15.0 Å². The number of aromatic hydroxyl groups is 1. The molecular weight excluding hydrogens is 304 g/mol. The van der Waals surface area contributed by atoms with Crippen molar-refractivity contribution in [1.29, 1.82) is 0 Å². The Hall–Kier alpha value is -1.59. The molecule has 1 aliphatic rings. The van der Waals surface area contributed by atoms with Crippen LogP contribution in [-0.2, 0) is 17.6 Å². The monoisotopic (exact) mass is 334 g/mol. The minimum atomic E-state index is -0.842. The molecule has 5 heteroatoms. The molecular formula is C19H30N2O3. The Bertz CT molecular complexity index is 570. The van der Waals surface area contributed by atoms with Crippen LogP contribution >= 0.6 is 0 Å². The predicted octanol–water partition coefficient (Wildman–Crippen LogP) is 2.76. The van der Waals surface area contributed by atoms with E-state index >= 15 is 0 Å². The average Bonchev–Trinajstić information content (AvgIpc) is 2.55. The van der Waals surface area contributed by atoms with Crippen LogP contribution in [0, 0.1) is 0 Å². The normalized spacial score (nSPS) is 21.5. The molecule has 1 aromatic carbocycles. The van der Waals surface area contributed by atoms with Gasteiger partial charge in [0.1, 0.15) is 11.8 Å². The molecule has 0 spiro atoms. The molecule has 0 saturated carbocycles. The standard InChI is InChI=1S/C19H30N2O3/c1-4-11-21(12-5-2)19(20-14(3)18(23)24)10-9-15-7-6-8-17(22)16(15)13-19/h6-8,14,20,22H,4-5,9-13H2,1-3H3,(H,23,24)/t14-,19?/m0/s1. The number of nitrogens with one attached hydrogen (secondary N) is 1. The van der Waals surface area contributed by atoms with Gasteiger partial charge in [0.25, 0.3) is 0 Å². The highest BCUT2D eigenvalue weighted by molar-refractivity contribution is 5.73. The summed E-state index contributed by atoms with van der Waals surface area (Å²) in [6.45, 7) is 7.81. The summed E-state index contributed by atoms with van der Waals surface area (Å²) in [5.41, 5.74) is 1.70. The van der Waals surface area contributed by atoms with Crippen LogP contribution in [0.3, 0.4) is 0 Å². The number of carbonyl (C=O) groups is 1. The molecule has 5 nitrogen and oxygen atoms in total. The van der Waals surface area contributed by atoms with Gasteiger partial charge in [-0.2, -0.15) is 0 Å². The number of benzene rings is 1. The Morgan fingerprint density at radius 2 is 2.00 bits per heavy atom. The highest BCUT2D eigenvalue weighted by Crippen LogP contribution is 2.36. The largest absolute Gasteiger partial charge is 0.508 e. The molecule has 2 atom stereocenters. The first kappa shape index (κ1) is 18.7. The van der Waals surface area contributed by atoms with Crippen molar-refractivity contribution < 1.29 is 15.0 Å². The van der Waals surface area contributed by atoms with E-state index < -0.39 is 17.7 Å². The molecule has 3 N–H and O–H groups in total. The number of carboxylic acid groups (broad SMARTS) is 1. The quantitative estimate of drug-likeness (QED) is 0.638. The zero-order valence-corrected chi connectivity index (χ0v) is 15.0. The third kappa shape index (κ3) is 3.90. The number of phenolic OH excluding ortho intramolecular Hbond substituents is 1. The second kappa shape index (κ2) is 7.99. The smallest absolute Gasteiger partial charge is 0.320 e. The summed E-state index contributed by atoms with van der Waals surface area (Å²) in [6.07, 6.45) is 4.34. The van der Waals surface area contributed by atoms with Crippen molar-refractivity contribution in [1.82, 2.24) is 10.2 Å². The molecule has 0 saturated heterocycles. The van der Waals surface area contributed by atoms with Gasteiger partial charge in [-0.1, -0.05) is 26.0 Å². The van der Waals surface area contributed by atoms with E-state index in [0.717, 1.165) is 44.3 Å². The summed E-state index contributed by atoms with van der Waals surface area (Å²) in [5, 5.41) is 23.1. The number of aliphatic carboxylic acids is 1. The maximum Gasteiger partial charge on any atom is 0.320 e. The van der Waals surface area contributed by atoms with Gasteiger partial charge in [-0.15, -0.1) is 0 Å². The minimum Gasteiger partial charge on any atom is -0.508 e. The van der Waals surface area contributed by atoms with Gasteiger partial charge in [-0.05, 0) is 57.3 Å². The number of hydrogen-bond donors (Lipinski definition) is 3. The number of rotatable bonds is 8. The van der Waals surface area contributed by atoms with E-state index in [0.29, 0.717) is 12.2 Å². The second-order valence-corrected chi connectivity index (χ2v) is 6.81. The summed E-state index contributed by atoms with van der Waals surface area (Å²) < 4.78 is 0. The molecule has 24 heavy (non-hydrogen) atoms. The SMILES string of the molecule is CCCN(CCC)C1(N[C@@H](C)C(=O)O)CCc2cccc(O)c2C1. The highest BCUT2D eigenvalue weighted by atomic mass is 16.4. The van der Waals surface area contributed by atoms with Crippen LogP contribution in [0.15, 0.2) is 18.2 Å². The van der Waals surface area contributed by atoms with E-state index in [1.807, 2.05) is 6.07 Å². The van der Waals surface area contributed by atoms with Gasteiger partial charge in [-0.25, -0.2) is 0 Å². The topological polar surface area (TPSA) is 72.8 Å². The number of nitrogens with zero attached hydrogens (tertiary/aromatic N) is 1. The lowest BCUT2D eigenvalue weighted by Gasteiger charge is -2.48. The fourth-order valence-electron chi connectivity index (χ4n) is 3.81. The molecule has 0 aromatic heterocycles. The lowest BCUT2D eigenvalue weighted by atomic mass is 9.81. The molecule has 0 bridgehead atoms. The van der Waals surface area contributed by atoms with Crippen LogP contribution in [0.25, 0.3) is 0 Å². The Balaban J connectivity index is 2.40. The molecule has 0 amide bonds. The fourth-order valence-corrected chi connectivity index (χ4v) is 3.81. The Morgan fingerprint density at radius 1 is 1.33 bits per heavy atom. The molecule has 1 aromatic rings. The zero-order chi connectivity index (χ0) is 17.7. The predicted molar refractivity (Wildman–Crippen MR) is 95.3 cm³/mol. The van der Waals surface area contributed by atoms with Crippen LogP contribution in [0.1, 0.15) is 51.2 Å². The van der Waals surface area contributed by atoms with Crippen molar-refractivity contribution in [3.63, 3.8) is 0 Å². The fraction of sp³-hybridized carbons (Fsp3) is 0.632. The number of fused-ring (bicyclic) bond motifs is 1. The van der Waals surface area contributed by atoms with Gasteiger partial charge >= 0.3 is 5.97 Å². The van der Waals surface area contributed by atoms with Crippen LogP contribution in [-0.4, -0.2) is 45.9 Å². The van der Waals surface area contributed by atoms with Crippen molar-refractivity contribution in [3.8, 4) is 5.75 Å². The molecule has 134 valence electrons. The van der Waals surface area contributed by atoms with Crippen molar-refractivity contribution in [2.45, 2.75) is 64.6 Å². The maximum absolute atomic E-state index is 11.4. The summed E-state index contributed by atoms with van der Waals surface area (Å²) in [6, 6.07) is 5.03. The Labute approximate surface area is 144 Å². The third-order valence-electron chi connectivity index (χ3n) is 4.97. The van der Waals surface area contributed by atoms with Crippen LogP contribution in [0.2, 0.25) is 0 Å². The van der Waals surface area contributed by atoms with Crippen LogP contribution < -0.4 is 5.32 Å². The summed E-state index contributed by atoms with van der Waals surface area (Å²) >= 11 is 0. The molecule has 0 radical (unpaired) electrons. The first-order chi connectivity index (χ1) is 11.4. The van der Waals surface area contributed by atoms with Crippen LogP contribution in [0.4, 0.5) is 0 Å². The van der Waals surface area contributed by atoms with Gasteiger partial charge in [0.2, 0.25) is 0 Å². The van der Waals surface area contributed by atoms with Crippen molar-refractivity contribution >= 4 is 5.97 Å². The Kier molecular flexibility index (Phi) is 6.24. The first-order valence-corrected chi connectivity index (χ1v) is 8.98. The second-order valence-electron chi connectivity index (χ2n) is 6.81. The molecule has 0 fully saturated rings. The summed E-state index contributed by atoms with van der Waals surface area (Å²) in [5.74, 6) is -0.528. The van der Waals surface area contributed by atoms with Crippen molar-refractivity contribution in [2.75, 3.05) is 13.1 Å². The molecule has 2 rings (SSSR count). The minimum absolute atomic E-state index is 0.314. The molecule has 0 aliphatic heterocycles. The van der Waals surface area contributed by atoms with E-state index in [2.05, 4.69) is 30.1 Å². The number of carboxylic acids is 1. The van der Waals surface area contributed by atoms with E-state index in [1.54, 1.807) is 13.0 Å². The summed E-state index contributed by atoms with van der Waals surface area (Å²) in [7, 11) is 0. The molecule has 1 unspecified atom stereocenters. The highest BCUT2D eigenvalue weighted by Gasteiger charge is 2.41. The van der Waals surface area contributed by atoms with Crippen molar-refractivity contribution in [2.24, 2.45) is 0 Å². The van der Waals surface area contributed by atoms with Crippen LogP contribution in [0.5, 0.6) is 5.75 Å². The van der Waals surface area contributed by atoms with Gasteiger partial charge in [0, 0.05) is 12.0 Å². The van der Waals surface area contributed by atoms with E-state index in [9.17, 15) is 15.0 Å². The first-order valence-electron chi connectivity index (χ1n) is 8.98. The lowest BCUT2D eigenvalue weighted by molar-refractivity contribution is -0.140. The number of aryl methyl sites for hydroxylation is 1. The van der Waals surface area contributed by atoms with E-state index in [-0.39, 0.29) is 0 Å². The lowest BCUT2D eigenvalue weighted by Crippen LogP contribution is -2.65. The Morgan fingerprint density at radius 3 is 2.58 bits per heavy atom. The van der Waals surface area contributed by atoms with Gasteiger partial charge < -0.3 is 10.2 Å². The van der Waals surface area contributed by atoms with Crippen molar-refractivity contribution in [3.05, 3.63) is 29.3 Å². The average molecular weight is 334 g/mol. The number of hydrogen-bond acceptors (Lipinski definition) is 4. The van der Waals surface area contributed by atoms with E-state index in [4.69, 9.17) is 0 Å². The maximum atomic E-state index is 11.4. The molecule has 1 aliphatic carbocycles. The summed E-state index contributed by atoms with van der Waals surface area (Å²) in [4.78, 5) is 13.8. The van der Waals surface area contributed by atoms with Gasteiger partial charge in [0.05, 0.1) is 5.66 Å². The molecule has 0 heterocycles. The van der Waals surface area contributed by atoms with E-state index in [1.165, 1.54) is 5.56 Å². The third-order valence-corrected chi connectivity index (χ3v) is 4.97. The zero-order valence-electron chi connectivity index (χ0n) is 15.0.